The highest BCUT2D eigenvalue weighted by atomic mass is 35.5. The maximum absolute atomic E-state index is 13.2. The molecule has 0 aromatic heterocycles. The predicted molar refractivity (Wildman–Crippen MR) is 178 cm³/mol. The molecule has 8 N–H and O–H groups in total. The zero-order valence-corrected chi connectivity index (χ0v) is 27.9. The first-order valence-electron chi connectivity index (χ1n) is 13.9. The normalized spacial score (nSPS) is 14.3. The minimum atomic E-state index is -1.37. The van der Waals surface area contributed by atoms with Crippen molar-refractivity contribution < 1.29 is 34.2 Å². The number of amides is 4. The highest BCUT2D eigenvalue weighted by Crippen LogP contribution is 2.20. The first-order valence-corrected chi connectivity index (χ1v) is 15.2. The first-order chi connectivity index (χ1) is 20.8. The summed E-state index contributed by atoms with van der Waals surface area (Å²) in [4.78, 5) is 63.9. The monoisotopic (exact) mass is 681 g/mol. The fraction of sp³-hybridized carbons (Fsp3) is 0.433. The van der Waals surface area contributed by atoms with Crippen molar-refractivity contribution in [3.8, 4) is 5.75 Å². The van der Waals surface area contributed by atoms with E-state index in [2.05, 4.69) is 46.5 Å². The number of carbonyl (C=O) groups is 5. The lowest BCUT2D eigenvalue weighted by molar-refractivity contribution is -0.143. The van der Waals surface area contributed by atoms with Crippen LogP contribution in [0.25, 0.3) is 0 Å². The van der Waals surface area contributed by atoms with E-state index in [1.165, 1.54) is 26.0 Å². The van der Waals surface area contributed by atoms with Crippen LogP contribution in [0, 0.1) is 0 Å². The van der Waals surface area contributed by atoms with Gasteiger partial charge in [-0.15, -0.1) is 0 Å². The van der Waals surface area contributed by atoms with E-state index in [1.807, 2.05) is 0 Å². The van der Waals surface area contributed by atoms with Crippen molar-refractivity contribution in [2.75, 3.05) is 6.54 Å². The Bertz CT molecular complexity index is 1360. The molecule has 0 fully saturated rings. The number of aliphatic carboxylic acids is 1. The molecule has 0 aliphatic rings. The second-order valence-electron chi connectivity index (χ2n) is 11.7. The van der Waals surface area contributed by atoms with Gasteiger partial charge in [0.25, 0.3) is 0 Å². The zero-order chi connectivity index (χ0) is 34.1. The third-order valence-electron chi connectivity index (χ3n) is 6.65. The van der Waals surface area contributed by atoms with Crippen LogP contribution in [0.15, 0.2) is 48.5 Å². The van der Waals surface area contributed by atoms with Crippen LogP contribution in [0.5, 0.6) is 5.75 Å². The summed E-state index contributed by atoms with van der Waals surface area (Å²) in [5, 5.41) is 29.5. The number of rotatable bonds is 15. The maximum atomic E-state index is 13.2. The van der Waals surface area contributed by atoms with Crippen molar-refractivity contribution in [1.82, 2.24) is 21.3 Å². The van der Waals surface area contributed by atoms with E-state index < -0.39 is 69.8 Å². The van der Waals surface area contributed by atoms with Crippen LogP contribution < -0.4 is 27.0 Å². The lowest BCUT2D eigenvalue weighted by atomic mass is 10.00. The fourth-order valence-corrected chi connectivity index (χ4v) is 4.64. The van der Waals surface area contributed by atoms with E-state index in [1.54, 1.807) is 50.2 Å². The molecule has 0 heterocycles. The highest BCUT2D eigenvalue weighted by Gasteiger charge is 2.37. The molecule has 0 aliphatic carbocycles. The Labute approximate surface area is 278 Å². The molecule has 0 saturated heterocycles. The number of nitrogens with one attached hydrogen (secondary N) is 4. The second kappa shape index (κ2) is 16.2. The quantitative estimate of drug-likeness (QED) is 0.125. The van der Waals surface area contributed by atoms with Gasteiger partial charge < -0.3 is 37.2 Å². The molecular weight excluding hydrogens is 642 g/mol. The standard InChI is InChI=1S/C30H40ClN5O7S2/c1-29(2,44)23(35-25(39)20(32)13-16-7-11-19(37)12-8-16)27(41)33-15-22(38)34-21(14-17-5-9-18(31)10-6-17)26(40)36-24(28(42)43)30(3,4)45/h5-12,20-21,23-24,37,44-45H,13-15,32H2,1-4H3,(H,33,41)(H,34,38)(H,35,39)(H,36,40)(H,42,43)/t20-,21-,23-,24-/m0/s1. The number of hydrogen-bond acceptors (Lipinski definition) is 9. The van der Waals surface area contributed by atoms with Crippen LogP contribution >= 0.6 is 36.9 Å². The summed E-state index contributed by atoms with van der Waals surface area (Å²) in [7, 11) is 0. The molecule has 246 valence electrons. The molecule has 4 atom stereocenters. The average Bonchev–Trinajstić information content (AvgIpc) is 2.93. The van der Waals surface area contributed by atoms with Crippen molar-refractivity contribution in [2.45, 2.75) is 74.2 Å². The van der Waals surface area contributed by atoms with Gasteiger partial charge in [0.1, 0.15) is 23.9 Å². The van der Waals surface area contributed by atoms with Gasteiger partial charge >= 0.3 is 5.97 Å². The smallest absolute Gasteiger partial charge is 0.327 e. The summed E-state index contributed by atoms with van der Waals surface area (Å²) >= 11 is 14.7. The number of halogens is 1. The number of carbonyl (C=O) groups excluding carboxylic acids is 4. The molecule has 4 amide bonds. The van der Waals surface area contributed by atoms with Crippen molar-refractivity contribution >= 4 is 66.5 Å². The summed E-state index contributed by atoms with van der Waals surface area (Å²) in [6.07, 6.45) is 0.128. The van der Waals surface area contributed by atoms with Crippen molar-refractivity contribution in [2.24, 2.45) is 5.73 Å². The Balaban J connectivity index is 2.11. The van der Waals surface area contributed by atoms with Crippen LogP contribution in [0.1, 0.15) is 38.8 Å². The summed E-state index contributed by atoms with van der Waals surface area (Å²) in [6, 6.07) is 7.88. The fourth-order valence-electron chi connectivity index (χ4n) is 4.15. The number of carboxylic acids is 1. The SMILES string of the molecule is CC(C)(S)[C@@H](NC(=O)[C@H](Cc1ccc(Cl)cc1)NC(=O)CNC(=O)[C@H](NC(=O)[C@@H](N)Cc1ccc(O)cc1)C(C)(C)S)C(=O)O. The Morgan fingerprint density at radius 1 is 0.778 bits per heavy atom. The molecule has 0 spiro atoms. The minimum absolute atomic E-state index is 0.0106. The molecular formula is C30H40ClN5O7S2. The third-order valence-corrected chi connectivity index (χ3v) is 7.42. The summed E-state index contributed by atoms with van der Waals surface area (Å²) < 4.78 is -2.20. The van der Waals surface area contributed by atoms with Gasteiger partial charge in [-0.2, -0.15) is 25.3 Å². The minimum Gasteiger partial charge on any atom is -0.508 e. The van der Waals surface area contributed by atoms with E-state index in [9.17, 15) is 34.2 Å². The first kappa shape index (κ1) is 37.7. The van der Waals surface area contributed by atoms with Crippen LogP contribution in [-0.2, 0) is 36.8 Å². The number of nitrogens with two attached hydrogens (primary N) is 1. The molecule has 12 nitrogen and oxygen atoms in total. The molecule has 2 rings (SSSR count). The molecule has 0 aliphatic heterocycles. The van der Waals surface area contributed by atoms with Crippen LogP contribution in [0.3, 0.4) is 0 Å². The van der Waals surface area contributed by atoms with E-state index in [0.717, 1.165) is 0 Å². The average molecular weight is 682 g/mol. The van der Waals surface area contributed by atoms with Gasteiger partial charge in [0, 0.05) is 20.9 Å². The van der Waals surface area contributed by atoms with E-state index in [-0.39, 0.29) is 18.6 Å². The van der Waals surface area contributed by atoms with Crippen molar-refractivity contribution in [3.05, 3.63) is 64.7 Å². The number of thiol groups is 2. The number of benzene rings is 2. The van der Waals surface area contributed by atoms with Gasteiger partial charge in [0.15, 0.2) is 0 Å². The Morgan fingerprint density at radius 2 is 1.27 bits per heavy atom. The number of phenols is 1. The summed E-state index contributed by atoms with van der Waals surface area (Å²) in [5.74, 6) is -4.12. The third kappa shape index (κ3) is 12.5. The highest BCUT2D eigenvalue weighted by molar-refractivity contribution is 7.82. The predicted octanol–water partition coefficient (Wildman–Crippen LogP) is 1.23. The zero-order valence-electron chi connectivity index (χ0n) is 25.3. The number of hydrogen-bond donors (Lipinski definition) is 9. The van der Waals surface area contributed by atoms with Gasteiger partial charge in [-0.1, -0.05) is 35.9 Å². The Kier molecular flexibility index (Phi) is 13.6. The van der Waals surface area contributed by atoms with Crippen molar-refractivity contribution in [3.63, 3.8) is 0 Å². The van der Waals surface area contributed by atoms with Gasteiger partial charge in [-0.3, -0.25) is 19.2 Å². The van der Waals surface area contributed by atoms with E-state index in [0.29, 0.717) is 16.1 Å². The Morgan fingerprint density at radius 3 is 1.78 bits per heavy atom. The summed E-state index contributed by atoms with van der Waals surface area (Å²) in [5.41, 5.74) is 7.38. The maximum Gasteiger partial charge on any atom is 0.327 e. The van der Waals surface area contributed by atoms with Crippen molar-refractivity contribution in [1.29, 1.82) is 0 Å². The summed E-state index contributed by atoms with van der Waals surface area (Å²) in [6.45, 7) is 5.67. The molecule has 2 aromatic rings. The molecule has 0 bridgehead atoms. The second-order valence-corrected chi connectivity index (χ2v) is 14.4. The Hall–Kier alpha value is -3.46. The van der Waals surface area contributed by atoms with Crippen LogP contribution in [0.2, 0.25) is 5.02 Å². The topological polar surface area (TPSA) is 200 Å². The van der Waals surface area contributed by atoms with Gasteiger partial charge in [0.05, 0.1) is 12.6 Å². The van der Waals surface area contributed by atoms with Crippen LogP contribution in [0.4, 0.5) is 0 Å². The molecule has 0 unspecified atom stereocenters. The number of aromatic hydroxyl groups is 1. The molecule has 0 saturated carbocycles. The number of carboxylic acid groups (broad SMARTS) is 1. The molecule has 45 heavy (non-hydrogen) atoms. The van der Waals surface area contributed by atoms with E-state index in [4.69, 9.17) is 17.3 Å². The van der Waals surface area contributed by atoms with Crippen LogP contribution in [-0.4, -0.2) is 80.0 Å². The molecule has 2 aromatic carbocycles. The lowest BCUT2D eigenvalue weighted by Gasteiger charge is -2.30. The molecule has 15 heteroatoms. The number of phenolic OH excluding ortho intramolecular Hbond substituents is 1. The largest absolute Gasteiger partial charge is 0.508 e. The van der Waals surface area contributed by atoms with Gasteiger partial charge in [-0.25, -0.2) is 4.79 Å². The van der Waals surface area contributed by atoms with Gasteiger partial charge in [-0.05, 0) is 69.5 Å². The van der Waals surface area contributed by atoms with E-state index >= 15 is 0 Å². The molecule has 0 radical (unpaired) electrons. The van der Waals surface area contributed by atoms with Gasteiger partial charge in [0.2, 0.25) is 23.6 Å². The lowest BCUT2D eigenvalue weighted by Crippen LogP contribution is -2.60.